The van der Waals surface area contributed by atoms with E-state index in [0.717, 1.165) is 32.2 Å². The number of hydrogen-bond acceptors (Lipinski definition) is 4. The van der Waals surface area contributed by atoms with E-state index in [0.29, 0.717) is 18.2 Å². The minimum atomic E-state index is -0.00294. The van der Waals surface area contributed by atoms with Crippen LogP contribution in [0.3, 0.4) is 0 Å². The van der Waals surface area contributed by atoms with Crippen LogP contribution in [0.15, 0.2) is 18.5 Å². The molecule has 2 aliphatic carbocycles. The number of nitrogens with one attached hydrogen (secondary N) is 1. The molecule has 22 heavy (non-hydrogen) atoms. The van der Waals surface area contributed by atoms with E-state index in [2.05, 4.69) is 15.5 Å². The van der Waals surface area contributed by atoms with Gasteiger partial charge in [-0.1, -0.05) is 0 Å². The summed E-state index contributed by atoms with van der Waals surface area (Å²) in [5.74, 6) is 0.294. The Hall–Kier alpha value is -1.98. The van der Waals surface area contributed by atoms with Crippen molar-refractivity contribution < 1.29 is 9.59 Å². The molecule has 0 radical (unpaired) electrons. The van der Waals surface area contributed by atoms with Crippen molar-refractivity contribution in [2.75, 3.05) is 13.1 Å². The van der Waals surface area contributed by atoms with E-state index in [1.54, 1.807) is 6.07 Å². The maximum absolute atomic E-state index is 12.4. The van der Waals surface area contributed by atoms with Gasteiger partial charge < -0.3 is 10.2 Å². The maximum Gasteiger partial charge on any atom is 0.255 e. The average Bonchev–Trinajstić information content (AvgIpc) is 3.04. The summed E-state index contributed by atoms with van der Waals surface area (Å²) in [5, 5.41) is 10.6. The molecule has 1 saturated heterocycles. The van der Waals surface area contributed by atoms with Crippen molar-refractivity contribution in [2.45, 2.75) is 38.1 Å². The second-order valence-corrected chi connectivity index (χ2v) is 6.86. The van der Waals surface area contributed by atoms with Gasteiger partial charge >= 0.3 is 0 Å². The number of carbonyl (C=O) groups is 2. The van der Waals surface area contributed by atoms with E-state index < -0.39 is 0 Å². The van der Waals surface area contributed by atoms with Gasteiger partial charge in [-0.2, -0.15) is 10.2 Å². The van der Waals surface area contributed by atoms with Crippen molar-refractivity contribution in [3.8, 4) is 0 Å². The Bertz CT molecular complexity index is 601. The van der Waals surface area contributed by atoms with Gasteiger partial charge in [-0.05, 0) is 38.2 Å². The number of likely N-dealkylation sites (tertiary alicyclic amines) is 1. The van der Waals surface area contributed by atoms with Crippen LogP contribution in [-0.2, 0) is 4.79 Å². The highest BCUT2D eigenvalue weighted by Crippen LogP contribution is 2.58. The molecule has 2 amide bonds. The molecule has 2 heterocycles. The van der Waals surface area contributed by atoms with Gasteiger partial charge in [-0.15, -0.1) is 0 Å². The zero-order chi connectivity index (χ0) is 15.2. The number of hydrogen-bond donors (Lipinski definition) is 1. The molecule has 6 nitrogen and oxygen atoms in total. The summed E-state index contributed by atoms with van der Waals surface area (Å²) in [6.07, 6.45) is 8.34. The molecule has 1 aliphatic heterocycles. The fraction of sp³-hybridized carbons (Fsp3) is 0.625. The van der Waals surface area contributed by atoms with Crippen LogP contribution in [-0.4, -0.2) is 46.0 Å². The number of aromatic nitrogens is 2. The van der Waals surface area contributed by atoms with Gasteiger partial charge in [-0.25, -0.2) is 0 Å². The number of nitrogens with zero attached hydrogens (tertiary/aromatic N) is 3. The first-order chi connectivity index (χ1) is 10.7. The Morgan fingerprint density at radius 2 is 2.18 bits per heavy atom. The summed E-state index contributed by atoms with van der Waals surface area (Å²) >= 11 is 0. The molecule has 1 aromatic heterocycles. The largest absolute Gasteiger partial charge is 0.353 e. The molecular weight excluding hydrogens is 280 g/mol. The smallest absolute Gasteiger partial charge is 0.255 e. The Morgan fingerprint density at radius 3 is 2.86 bits per heavy atom. The molecule has 0 aromatic carbocycles. The van der Waals surface area contributed by atoms with Crippen LogP contribution in [0, 0.1) is 11.3 Å². The molecule has 3 aliphatic rings. The van der Waals surface area contributed by atoms with Gasteiger partial charge in [0.25, 0.3) is 5.91 Å². The van der Waals surface area contributed by atoms with E-state index in [1.807, 2.05) is 4.90 Å². The summed E-state index contributed by atoms with van der Waals surface area (Å²) in [5.41, 5.74) is 0.604. The summed E-state index contributed by atoms with van der Waals surface area (Å²) < 4.78 is 0. The third-order valence-electron chi connectivity index (χ3n) is 5.46. The Labute approximate surface area is 129 Å². The molecule has 1 spiro atoms. The summed E-state index contributed by atoms with van der Waals surface area (Å²) in [7, 11) is 0. The lowest BCUT2D eigenvalue weighted by molar-refractivity contribution is -0.124. The molecule has 6 heteroatoms. The quantitative estimate of drug-likeness (QED) is 0.903. The van der Waals surface area contributed by atoms with Gasteiger partial charge in [0.2, 0.25) is 5.91 Å². The van der Waals surface area contributed by atoms with Crippen LogP contribution >= 0.6 is 0 Å². The maximum atomic E-state index is 12.4. The van der Waals surface area contributed by atoms with Crippen LogP contribution in [0.2, 0.25) is 0 Å². The molecule has 1 aromatic rings. The first-order valence-electron chi connectivity index (χ1n) is 8.04. The second kappa shape index (κ2) is 5.04. The predicted octanol–water partition coefficient (Wildman–Crippen LogP) is 0.997. The monoisotopic (exact) mass is 300 g/mol. The molecule has 0 bridgehead atoms. The third-order valence-corrected chi connectivity index (χ3v) is 5.46. The van der Waals surface area contributed by atoms with Crippen molar-refractivity contribution in [1.82, 2.24) is 20.4 Å². The van der Waals surface area contributed by atoms with Crippen LogP contribution in [0.5, 0.6) is 0 Å². The van der Waals surface area contributed by atoms with Crippen molar-refractivity contribution in [3.63, 3.8) is 0 Å². The van der Waals surface area contributed by atoms with Crippen molar-refractivity contribution in [1.29, 1.82) is 0 Å². The van der Waals surface area contributed by atoms with Crippen LogP contribution < -0.4 is 5.32 Å². The summed E-state index contributed by atoms with van der Waals surface area (Å²) in [4.78, 5) is 26.6. The van der Waals surface area contributed by atoms with Crippen molar-refractivity contribution in [2.24, 2.45) is 11.3 Å². The van der Waals surface area contributed by atoms with Gasteiger partial charge in [0.15, 0.2) is 0 Å². The first kappa shape index (κ1) is 13.7. The minimum absolute atomic E-state index is 0.00294. The molecule has 3 fully saturated rings. The topological polar surface area (TPSA) is 75.2 Å². The summed E-state index contributed by atoms with van der Waals surface area (Å²) in [6, 6.07) is 2.08. The van der Waals surface area contributed by atoms with Gasteiger partial charge in [0, 0.05) is 30.5 Å². The highest BCUT2D eigenvalue weighted by atomic mass is 16.2. The fourth-order valence-corrected chi connectivity index (χ4v) is 3.69. The van der Waals surface area contributed by atoms with E-state index in [9.17, 15) is 9.59 Å². The SMILES string of the molecule is O=C(NC1CCC1)C1CC12CCN(C(=O)c1ccnnc1)C2. The Balaban J connectivity index is 1.37. The van der Waals surface area contributed by atoms with Crippen molar-refractivity contribution >= 4 is 11.8 Å². The Morgan fingerprint density at radius 1 is 1.32 bits per heavy atom. The van der Waals surface area contributed by atoms with Crippen LogP contribution in [0.4, 0.5) is 0 Å². The highest BCUT2D eigenvalue weighted by molar-refractivity contribution is 5.94. The first-order valence-corrected chi connectivity index (χ1v) is 8.04. The lowest BCUT2D eigenvalue weighted by atomic mass is 9.92. The van der Waals surface area contributed by atoms with E-state index in [1.165, 1.54) is 18.8 Å². The van der Waals surface area contributed by atoms with Gasteiger partial charge in [0.05, 0.1) is 18.0 Å². The minimum Gasteiger partial charge on any atom is -0.353 e. The van der Waals surface area contributed by atoms with E-state index in [-0.39, 0.29) is 23.1 Å². The number of rotatable bonds is 3. The predicted molar refractivity (Wildman–Crippen MR) is 78.9 cm³/mol. The summed E-state index contributed by atoms with van der Waals surface area (Å²) in [6.45, 7) is 1.42. The van der Waals surface area contributed by atoms with Gasteiger partial charge in [0.1, 0.15) is 0 Å². The standard InChI is InChI=1S/C16H20N4O2/c21-14(19-12-2-1-3-12)13-8-16(13)5-7-20(10-16)15(22)11-4-6-17-18-9-11/h4,6,9,12-13H,1-3,5,7-8,10H2,(H,19,21). The lowest BCUT2D eigenvalue weighted by Gasteiger charge is -2.26. The van der Waals surface area contributed by atoms with Crippen LogP contribution in [0.25, 0.3) is 0 Å². The van der Waals surface area contributed by atoms with Gasteiger partial charge in [-0.3, -0.25) is 9.59 Å². The molecule has 116 valence electrons. The molecular formula is C16H20N4O2. The van der Waals surface area contributed by atoms with E-state index in [4.69, 9.17) is 0 Å². The third kappa shape index (κ3) is 2.26. The number of amides is 2. The molecule has 2 atom stereocenters. The Kier molecular flexibility index (Phi) is 3.13. The molecule has 2 unspecified atom stereocenters. The normalized spacial score (nSPS) is 30.2. The zero-order valence-electron chi connectivity index (χ0n) is 12.5. The molecule has 4 rings (SSSR count). The van der Waals surface area contributed by atoms with E-state index >= 15 is 0 Å². The zero-order valence-corrected chi connectivity index (χ0v) is 12.5. The highest BCUT2D eigenvalue weighted by Gasteiger charge is 2.61. The van der Waals surface area contributed by atoms with Crippen molar-refractivity contribution in [3.05, 3.63) is 24.0 Å². The number of carbonyl (C=O) groups excluding carboxylic acids is 2. The van der Waals surface area contributed by atoms with Crippen LogP contribution in [0.1, 0.15) is 42.5 Å². The second-order valence-electron chi connectivity index (χ2n) is 6.86. The molecule has 1 N–H and O–H groups in total. The fourth-order valence-electron chi connectivity index (χ4n) is 3.69. The average molecular weight is 300 g/mol. The molecule has 2 saturated carbocycles. The lowest BCUT2D eigenvalue weighted by Crippen LogP contribution is -2.41.